The number of carbonyl (C=O) groups excluding carboxylic acids is 2. The molecule has 2 rings (SSSR count). The topological polar surface area (TPSA) is 67.4 Å². The second-order valence-corrected chi connectivity index (χ2v) is 4.83. The van der Waals surface area contributed by atoms with Crippen LogP contribution in [0.5, 0.6) is 5.75 Å². The van der Waals surface area contributed by atoms with Crippen molar-refractivity contribution in [3.05, 3.63) is 65.5 Å². The predicted molar refractivity (Wildman–Crippen MR) is 78.9 cm³/mol. The van der Waals surface area contributed by atoms with Gasteiger partial charge in [0.1, 0.15) is 11.6 Å². The molecule has 0 saturated carbocycles. The van der Waals surface area contributed by atoms with E-state index in [0.29, 0.717) is 6.07 Å². The summed E-state index contributed by atoms with van der Waals surface area (Å²) in [7, 11) is 0. The molecule has 5 nitrogen and oxygen atoms in total. The molecule has 0 aromatic heterocycles. The van der Waals surface area contributed by atoms with Gasteiger partial charge in [-0.2, -0.15) is 13.2 Å². The van der Waals surface area contributed by atoms with E-state index in [1.807, 2.05) is 10.9 Å². The van der Waals surface area contributed by atoms with Crippen molar-refractivity contribution in [2.75, 3.05) is 6.61 Å². The molecule has 0 atom stereocenters. The Balaban J connectivity index is 1.86. The van der Waals surface area contributed by atoms with Gasteiger partial charge >= 0.3 is 6.18 Å². The molecule has 2 N–H and O–H groups in total. The molecule has 0 aliphatic heterocycles. The van der Waals surface area contributed by atoms with Crippen LogP contribution in [0.25, 0.3) is 0 Å². The van der Waals surface area contributed by atoms with Crippen molar-refractivity contribution < 1.29 is 31.9 Å². The van der Waals surface area contributed by atoms with Gasteiger partial charge in [0.25, 0.3) is 11.8 Å². The maximum absolute atomic E-state index is 12.9. The highest BCUT2D eigenvalue weighted by Crippen LogP contribution is 2.29. The van der Waals surface area contributed by atoms with Crippen LogP contribution in [0.4, 0.5) is 17.6 Å². The minimum absolute atomic E-state index is 0.111. The van der Waals surface area contributed by atoms with Crippen molar-refractivity contribution in [2.45, 2.75) is 6.18 Å². The molecule has 2 aromatic carbocycles. The predicted octanol–water partition coefficient (Wildman–Crippen LogP) is 2.68. The summed E-state index contributed by atoms with van der Waals surface area (Å²) >= 11 is 0. The van der Waals surface area contributed by atoms with Crippen LogP contribution in [0.1, 0.15) is 15.9 Å². The molecule has 0 aliphatic carbocycles. The molecule has 0 fully saturated rings. The Morgan fingerprint density at radius 3 is 2.40 bits per heavy atom. The number of carbonyl (C=O) groups is 2. The second kappa shape index (κ2) is 7.65. The fourth-order valence-corrected chi connectivity index (χ4v) is 1.78. The molecule has 2 aromatic rings. The lowest BCUT2D eigenvalue weighted by Gasteiger charge is -2.10. The average molecular weight is 356 g/mol. The minimum atomic E-state index is -4.58. The van der Waals surface area contributed by atoms with Crippen LogP contribution in [0.15, 0.2) is 48.5 Å². The number of rotatable bonds is 4. The van der Waals surface area contributed by atoms with Crippen molar-refractivity contribution >= 4 is 11.8 Å². The summed E-state index contributed by atoms with van der Waals surface area (Å²) in [5.74, 6) is -2.13. The van der Waals surface area contributed by atoms with Gasteiger partial charge in [-0.1, -0.05) is 12.1 Å². The number of ether oxygens (including phenoxy) is 1. The van der Waals surface area contributed by atoms with Gasteiger partial charge < -0.3 is 4.74 Å². The van der Waals surface area contributed by atoms with E-state index < -0.39 is 36.0 Å². The first-order valence-corrected chi connectivity index (χ1v) is 6.90. The van der Waals surface area contributed by atoms with Gasteiger partial charge in [0.2, 0.25) is 0 Å². The van der Waals surface area contributed by atoms with E-state index in [9.17, 15) is 27.2 Å². The standard InChI is InChI=1S/C16H12F4N2O3/c17-12-5-2-6-13(8-12)25-9-14(23)21-22-15(24)10-3-1-4-11(7-10)16(18,19)20/h1-8H,9H2,(H,21,23)(H,22,24). The average Bonchev–Trinajstić information content (AvgIpc) is 2.57. The molecule has 9 heteroatoms. The number of benzene rings is 2. The number of hydrazine groups is 1. The van der Waals surface area contributed by atoms with E-state index in [1.54, 1.807) is 0 Å². The molecular weight excluding hydrogens is 344 g/mol. The van der Waals surface area contributed by atoms with Gasteiger partial charge in [0, 0.05) is 11.6 Å². The van der Waals surface area contributed by atoms with Crippen molar-refractivity contribution in [1.82, 2.24) is 10.9 Å². The number of nitrogens with one attached hydrogen (secondary N) is 2. The van der Waals surface area contributed by atoms with Gasteiger partial charge in [-0.15, -0.1) is 0 Å². The van der Waals surface area contributed by atoms with Crippen molar-refractivity contribution in [1.29, 1.82) is 0 Å². The number of amides is 2. The molecule has 0 unspecified atom stereocenters. The Bertz CT molecular complexity index is 778. The van der Waals surface area contributed by atoms with E-state index in [1.165, 1.54) is 24.3 Å². The van der Waals surface area contributed by atoms with E-state index in [4.69, 9.17) is 4.74 Å². The molecule has 0 spiro atoms. The van der Waals surface area contributed by atoms with Gasteiger partial charge in [-0.3, -0.25) is 20.4 Å². The highest BCUT2D eigenvalue weighted by atomic mass is 19.4. The zero-order valence-corrected chi connectivity index (χ0v) is 12.6. The summed E-state index contributed by atoms with van der Waals surface area (Å²) < 4.78 is 55.7. The zero-order valence-electron chi connectivity index (χ0n) is 12.6. The van der Waals surface area contributed by atoms with Gasteiger partial charge in [0.05, 0.1) is 5.56 Å². The third-order valence-electron chi connectivity index (χ3n) is 2.93. The molecule has 0 aliphatic rings. The van der Waals surface area contributed by atoms with Crippen LogP contribution < -0.4 is 15.6 Å². The van der Waals surface area contributed by atoms with Gasteiger partial charge in [-0.25, -0.2) is 4.39 Å². The van der Waals surface area contributed by atoms with Gasteiger partial charge in [-0.05, 0) is 30.3 Å². The quantitative estimate of drug-likeness (QED) is 0.654. The fraction of sp³-hybridized carbons (Fsp3) is 0.125. The maximum Gasteiger partial charge on any atom is 0.416 e. The number of alkyl halides is 3. The normalized spacial score (nSPS) is 10.9. The third kappa shape index (κ3) is 5.48. The molecule has 0 radical (unpaired) electrons. The van der Waals surface area contributed by atoms with E-state index in [0.717, 1.165) is 18.2 Å². The molecule has 25 heavy (non-hydrogen) atoms. The lowest BCUT2D eigenvalue weighted by Crippen LogP contribution is -2.43. The van der Waals surface area contributed by atoms with Crippen molar-refractivity contribution in [3.8, 4) is 5.75 Å². The lowest BCUT2D eigenvalue weighted by molar-refractivity contribution is -0.137. The van der Waals surface area contributed by atoms with Crippen molar-refractivity contribution in [3.63, 3.8) is 0 Å². The first kappa shape index (κ1) is 18.2. The van der Waals surface area contributed by atoms with Crippen LogP contribution in [0, 0.1) is 5.82 Å². The largest absolute Gasteiger partial charge is 0.484 e. The Morgan fingerprint density at radius 2 is 1.72 bits per heavy atom. The Hall–Kier alpha value is -3.10. The van der Waals surface area contributed by atoms with E-state index >= 15 is 0 Å². The molecule has 0 bridgehead atoms. The summed E-state index contributed by atoms with van der Waals surface area (Å²) in [6.07, 6.45) is -4.58. The van der Waals surface area contributed by atoms with Crippen LogP contribution in [-0.4, -0.2) is 18.4 Å². The summed E-state index contributed by atoms with van der Waals surface area (Å²) in [5.41, 5.74) is 2.69. The SMILES string of the molecule is O=C(COc1cccc(F)c1)NNC(=O)c1cccc(C(F)(F)F)c1. The monoisotopic (exact) mass is 356 g/mol. The summed E-state index contributed by atoms with van der Waals surface area (Å²) in [6, 6.07) is 8.80. The fourth-order valence-electron chi connectivity index (χ4n) is 1.78. The Morgan fingerprint density at radius 1 is 1.00 bits per heavy atom. The number of hydrogen-bond donors (Lipinski definition) is 2. The number of hydrogen-bond acceptors (Lipinski definition) is 3. The van der Waals surface area contributed by atoms with E-state index in [-0.39, 0.29) is 11.3 Å². The molecule has 132 valence electrons. The number of halogens is 4. The highest BCUT2D eigenvalue weighted by Gasteiger charge is 2.30. The summed E-state index contributed by atoms with van der Waals surface area (Å²) in [6.45, 7) is -0.522. The minimum Gasteiger partial charge on any atom is -0.484 e. The first-order valence-electron chi connectivity index (χ1n) is 6.90. The van der Waals surface area contributed by atoms with Crippen molar-refractivity contribution in [2.24, 2.45) is 0 Å². The van der Waals surface area contributed by atoms with Crippen LogP contribution in [0.3, 0.4) is 0 Å². The smallest absolute Gasteiger partial charge is 0.416 e. The Kier molecular flexibility index (Phi) is 5.58. The second-order valence-electron chi connectivity index (χ2n) is 4.83. The first-order chi connectivity index (χ1) is 11.8. The maximum atomic E-state index is 12.9. The molecular formula is C16H12F4N2O3. The summed E-state index contributed by atoms with van der Waals surface area (Å²) in [5, 5.41) is 0. The molecule has 2 amide bonds. The lowest BCUT2D eigenvalue weighted by atomic mass is 10.1. The van der Waals surface area contributed by atoms with Crippen LogP contribution in [-0.2, 0) is 11.0 Å². The van der Waals surface area contributed by atoms with Crippen LogP contribution in [0.2, 0.25) is 0 Å². The Labute approximate surface area is 139 Å². The third-order valence-corrected chi connectivity index (χ3v) is 2.93. The molecule has 0 heterocycles. The highest BCUT2D eigenvalue weighted by molar-refractivity contribution is 5.95. The van der Waals surface area contributed by atoms with Gasteiger partial charge in [0.15, 0.2) is 6.61 Å². The summed E-state index contributed by atoms with van der Waals surface area (Å²) in [4.78, 5) is 23.3. The molecule has 0 saturated heterocycles. The van der Waals surface area contributed by atoms with Crippen LogP contribution >= 0.6 is 0 Å². The van der Waals surface area contributed by atoms with E-state index in [2.05, 4.69) is 0 Å². The zero-order chi connectivity index (χ0) is 18.4.